The van der Waals surface area contributed by atoms with Crippen LogP contribution in [0.25, 0.3) is 0 Å². The molecule has 1 aromatic heterocycles. The van der Waals surface area contributed by atoms with Crippen LogP contribution in [0.15, 0.2) is 0 Å². The highest BCUT2D eigenvalue weighted by atomic mass is 35.5. The first-order valence-corrected chi connectivity index (χ1v) is 5.97. The van der Waals surface area contributed by atoms with Crippen LogP contribution in [-0.2, 0) is 0 Å². The summed E-state index contributed by atoms with van der Waals surface area (Å²) in [6, 6.07) is 0.517. The normalized spacial score (nSPS) is 19.2. The molecule has 5 heteroatoms. The van der Waals surface area contributed by atoms with Gasteiger partial charge in [0.15, 0.2) is 0 Å². The van der Waals surface area contributed by atoms with Crippen molar-refractivity contribution in [2.24, 2.45) is 0 Å². The highest BCUT2D eigenvalue weighted by Gasteiger charge is 2.19. The van der Waals surface area contributed by atoms with Gasteiger partial charge in [-0.25, -0.2) is 0 Å². The summed E-state index contributed by atoms with van der Waals surface area (Å²) in [6.07, 6.45) is 2.37. The lowest BCUT2D eigenvalue weighted by molar-refractivity contribution is 0.459. The molecule has 0 saturated carbocycles. The molecule has 1 aliphatic heterocycles. The zero-order valence-electron chi connectivity index (χ0n) is 7.53. The van der Waals surface area contributed by atoms with E-state index in [0.29, 0.717) is 11.3 Å². The molecule has 1 aromatic rings. The van der Waals surface area contributed by atoms with E-state index in [9.17, 15) is 0 Å². The second-order valence-corrected chi connectivity index (χ2v) is 4.79. The van der Waals surface area contributed by atoms with Crippen molar-refractivity contribution < 1.29 is 0 Å². The number of rotatable bonds is 1. The van der Waals surface area contributed by atoms with Crippen molar-refractivity contribution in [1.82, 2.24) is 14.8 Å². The second-order valence-electron chi connectivity index (χ2n) is 3.23. The molecular weight excluding hydrogens is 206 g/mol. The van der Waals surface area contributed by atoms with E-state index in [2.05, 4.69) is 14.8 Å². The standard InChI is InChI=1S/C8H12ClN3S/c1-6-10-11-8(9)12(6)7-2-4-13-5-3-7/h7H,2-5H2,1H3. The number of hydrogen-bond donors (Lipinski definition) is 0. The molecule has 1 fully saturated rings. The highest BCUT2D eigenvalue weighted by molar-refractivity contribution is 7.99. The molecule has 0 aliphatic carbocycles. The summed E-state index contributed by atoms with van der Waals surface area (Å²) in [5.74, 6) is 3.37. The van der Waals surface area contributed by atoms with Gasteiger partial charge >= 0.3 is 0 Å². The van der Waals surface area contributed by atoms with Gasteiger partial charge in [0.05, 0.1) is 0 Å². The van der Waals surface area contributed by atoms with Crippen molar-refractivity contribution in [3.8, 4) is 0 Å². The molecule has 1 saturated heterocycles. The molecule has 0 atom stereocenters. The molecule has 1 aliphatic rings. The zero-order valence-corrected chi connectivity index (χ0v) is 9.11. The van der Waals surface area contributed by atoms with Crippen molar-refractivity contribution in [2.45, 2.75) is 25.8 Å². The van der Waals surface area contributed by atoms with Gasteiger partial charge in [0.2, 0.25) is 5.28 Å². The fourth-order valence-electron chi connectivity index (χ4n) is 1.70. The Bertz CT molecular complexity index is 274. The molecule has 72 valence electrons. The van der Waals surface area contributed by atoms with Crippen molar-refractivity contribution in [3.63, 3.8) is 0 Å². The topological polar surface area (TPSA) is 30.7 Å². The average molecular weight is 218 g/mol. The molecule has 0 aromatic carbocycles. The lowest BCUT2D eigenvalue weighted by Crippen LogP contribution is -2.16. The second kappa shape index (κ2) is 3.88. The van der Waals surface area contributed by atoms with Crippen molar-refractivity contribution in [3.05, 3.63) is 11.1 Å². The van der Waals surface area contributed by atoms with Crippen LogP contribution < -0.4 is 0 Å². The van der Waals surface area contributed by atoms with Gasteiger partial charge in [-0.1, -0.05) is 0 Å². The molecule has 0 N–H and O–H groups in total. The Morgan fingerprint density at radius 1 is 1.38 bits per heavy atom. The van der Waals surface area contributed by atoms with Crippen LogP contribution in [0, 0.1) is 6.92 Å². The average Bonchev–Trinajstić information content (AvgIpc) is 2.48. The Labute approximate surface area is 86.9 Å². The fourth-order valence-corrected chi connectivity index (χ4v) is 3.08. The predicted molar refractivity (Wildman–Crippen MR) is 55.4 cm³/mol. The fraction of sp³-hybridized carbons (Fsp3) is 0.750. The number of nitrogens with zero attached hydrogens (tertiary/aromatic N) is 3. The zero-order chi connectivity index (χ0) is 9.26. The van der Waals surface area contributed by atoms with Gasteiger partial charge in [0.1, 0.15) is 5.82 Å². The minimum absolute atomic E-state index is 0.517. The van der Waals surface area contributed by atoms with Gasteiger partial charge < -0.3 is 0 Å². The quantitative estimate of drug-likeness (QED) is 0.724. The summed E-state index contributed by atoms with van der Waals surface area (Å²) in [6.45, 7) is 1.96. The van der Waals surface area contributed by atoms with Crippen LogP contribution in [0.4, 0.5) is 0 Å². The van der Waals surface area contributed by atoms with Crippen LogP contribution in [0.5, 0.6) is 0 Å². The monoisotopic (exact) mass is 217 g/mol. The Balaban J connectivity index is 2.22. The molecular formula is C8H12ClN3S. The summed E-state index contributed by atoms with van der Waals surface area (Å²) in [4.78, 5) is 0. The van der Waals surface area contributed by atoms with E-state index in [-0.39, 0.29) is 0 Å². The van der Waals surface area contributed by atoms with Crippen LogP contribution in [0.3, 0.4) is 0 Å². The number of hydrogen-bond acceptors (Lipinski definition) is 3. The summed E-state index contributed by atoms with van der Waals surface area (Å²) in [7, 11) is 0. The molecule has 0 spiro atoms. The first-order chi connectivity index (χ1) is 6.29. The van der Waals surface area contributed by atoms with Crippen molar-refractivity contribution >= 4 is 23.4 Å². The predicted octanol–water partition coefficient (Wildman–Crippen LogP) is 2.31. The summed E-state index contributed by atoms with van der Waals surface area (Å²) < 4.78 is 2.06. The number of thioether (sulfide) groups is 1. The Morgan fingerprint density at radius 3 is 2.62 bits per heavy atom. The molecule has 0 unspecified atom stereocenters. The van der Waals surface area contributed by atoms with Crippen LogP contribution in [-0.4, -0.2) is 26.3 Å². The van der Waals surface area contributed by atoms with Gasteiger partial charge in [-0.15, -0.1) is 10.2 Å². The van der Waals surface area contributed by atoms with E-state index >= 15 is 0 Å². The van der Waals surface area contributed by atoms with Gasteiger partial charge in [0.25, 0.3) is 0 Å². The van der Waals surface area contributed by atoms with Crippen LogP contribution in [0.2, 0.25) is 5.28 Å². The van der Waals surface area contributed by atoms with Gasteiger partial charge in [0, 0.05) is 6.04 Å². The van der Waals surface area contributed by atoms with E-state index in [4.69, 9.17) is 11.6 Å². The Hall–Kier alpha value is -0.220. The molecule has 3 nitrogen and oxygen atoms in total. The first-order valence-electron chi connectivity index (χ1n) is 4.44. The molecule has 2 rings (SSSR count). The lowest BCUT2D eigenvalue weighted by atomic mass is 10.1. The largest absolute Gasteiger partial charge is 0.299 e. The number of aromatic nitrogens is 3. The first kappa shape index (κ1) is 9.34. The maximum atomic E-state index is 5.96. The number of halogens is 1. The van der Waals surface area contributed by atoms with Gasteiger partial charge in [-0.3, -0.25) is 4.57 Å². The van der Waals surface area contributed by atoms with Gasteiger partial charge in [-0.05, 0) is 42.9 Å². The molecule has 2 heterocycles. The molecule has 0 bridgehead atoms. The SMILES string of the molecule is Cc1nnc(Cl)n1C1CCSCC1. The van der Waals surface area contributed by atoms with Crippen molar-refractivity contribution in [2.75, 3.05) is 11.5 Å². The van der Waals surface area contributed by atoms with E-state index in [1.807, 2.05) is 18.7 Å². The molecule has 0 radical (unpaired) electrons. The Morgan fingerprint density at radius 2 is 2.08 bits per heavy atom. The van der Waals surface area contributed by atoms with Crippen LogP contribution >= 0.6 is 23.4 Å². The van der Waals surface area contributed by atoms with Crippen LogP contribution in [0.1, 0.15) is 24.7 Å². The van der Waals surface area contributed by atoms with E-state index in [1.165, 1.54) is 24.3 Å². The smallest absolute Gasteiger partial charge is 0.225 e. The summed E-state index contributed by atoms with van der Waals surface area (Å²) in [5, 5.41) is 8.36. The number of aryl methyl sites for hydroxylation is 1. The lowest BCUT2D eigenvalue weighted by Gasteiger charge is -2.23. The third-order valence-electron chi connectivity index (χ3n) is 2.38. The molecule has 13 heavy (non-hydrogen) atoms. The summed E-state index contributed by atoms with van der Waals surface area (Å²) in [5.41, 5.74) is 0. The van der Waals surface area contributed by atoms with E-state index < -0.39 is 0 Å². The Kier molecular flexibility index (Phi) is 2.79. The minimum atomic E-state index is 0.517. The molecule has 0 amide bonds. The minimum Gasteiger partial charge on any atom is -0.299 e. The summed E-state index contributed by atoms with van der Waals surface area (Å²) >= 11 is 7.97. The van der Waals surface area contributed by atoms with E-state index in [1.54, 1.807) is 0 Å². The van der Waals surface area contributed by atoms with Crippen molar-refractivity contribution in [1.29, 1.82) is 0 Å². The van der Waals surface area contributed by atoms with E-state index in [0.717, 1.165) is 5.82 Å². The maximum Gasteiger partial charge on any atom is 0.225 e. The van der Waals surface area contributed by atoms with Gasteiger partial charge in [-0.2, -0.15) is 11.8 Å². The third kappa shape index (κ3) is 1.83. The highest BCUT2D eigenvalue weighted by Crippen LogP contribution is 2.29. The third-order valence-corrected chi connectivity index (χ3v) is 3.69. The maximum absolute atomic E-state index is 5.96.